The van der Waals surface area contributed by atoms with Crippen LogP contribution >= 0.6 is 11.3 Å². The molecule has 2 aromatic carbocycles. The number of hydrogen-bond donors (Lipinski definition) is 1. The van der Waals surface area contributed by atoms with E-state index in [1.807, 2.05) is 30.3 Å². The molecule has 1 aromatic heterocycles. The average Bonchev–Trinajstić information content (AvgIpc) is 3.20. The number of fused-ring (bicyclic) bond motifs is 1. The van der Waals surface area contributed by atoms with Gasteiger partial charge in [0.05, 0.1) is 0 Å². The van der Waals surface area contributed by atoms with Gasteiger partial charge in [-0.3, -0.25) is 14.9 Å². The molecule has 0 unspecified atom stereocenters. The highest BCUT2D eigenvalue weighted by molar-refractivity contribution is 7.13. The lowest BCUT2D eigenvalue weighted by molar-refractivity contribution is -0.120. The summed E-state index contributed by atoms with van der Waals surface area (Å²) in [7, 11) is 0. The molecule has 2 amide bonds. The summed E-state index contributed by atoms with van der Waals surface area (Å²) in [5.74, 6) is -1.27. The third-order valence-corrected chi connectivity index (χ3v) is 4.96. The van der Waals surface area contributed by atoms with E-state index in [4.69, 9.17) is 0 Å². The summed E-state index contributed by atoms with van der Waals surface area (Å²) in [6.07, 6.45) is 0. The fourth-order valence-electron chi connectivity index (χ4n) is 3.08. The van der Waals surface area contributed by atoms with Crippen molar-refractivity contribution in [2.75, 3.05) is 5.32 Å². The largest absolute Gasteiger partial charge is 0.318 e. The second-order valence-corrected chi connectivity index (χ2v) is 6.73. The maximum atomic E-state index is 13.1. The lowest BCUT2D eigenvalue weighted by Crippen LogP contribution is -2.37. The van der Waals surface area contributed by atoms with Crippen LogP contribution in [-0.4, -0.2) is 21.7 Å². The van der Waals surface area contributed by atoms with Gasteiger partial charge in [0, 0.05) is 17.5 Å². The Hall–Kier alpha value is -3.06. The van der Waals surface area contributed by atoms with E-state index in [9.17, 15) is 14.0 Å². The number of halogens is 1. The highest BCUT2D eigenvalue weighted by Crippen LogP contribution is 2.32. The quantitative estimate of drug-likeness (QED) is 0.766. The van der Waals surface area contributed by atoms with Crippen LogP contribution in [0.5, 0.6) is 0 Å². The first kappa shape index (κ1) is 16.4. The van der Waals surface area contributed by atoms with Gasteiger partial charge < -0.3 is 4.90 Å². The summed E-state index contributed by atoms with van der Waals surface area (Å²) in [5.41, 5.74) is 2.16. The molecule has 7 heteroatoms. The summed E-state index contributed by atoms with van der Waals surface area (Å²) in [4.78, 5) is 30.9. The van der Waals surface area contributed by atoms with Crippen molar-refractivity contribution in [3.63, 3.8) is 0 Å². The second-order valence-electron chi connectivity index (χ2n) is 5.87. The van der Waals surface area contributed by atoms with E-state index in [-0.39, 0.29) is 11.0 Å². The molecule has 0 fully saturated rings. The van der Waals surface area contributed by atoms with Gasteiger partial charge in [-0.25, -0.2) is 0 Å². The molecule has 0 radical (unpaired) electrons. The number of carbonyl (C=O) groups is 2. The highest BCUT2D eigenvalue weighted by atomic mass is 32.1. The summed E-state index contributed by atoms with van der Waals surface area (Å²) in [5, 5.41) is 4.00. The third-order valence-electron chi connectivity index (χ3n) is 4.23. The summed E-state index contributed by atoms with van der Waals surface area (Å²) in [6, 6.07) is 15.5. The first-order valence-corrected chi connectivity index (χ1v) is 8.87. The molecule has 0 aliphatic carbocycles. The summed E-state index contributed by atoms with van der Waals surface area (Å²) < 4.78 is 13.1. The highest BCUT2D eigenvalue weighted by Gasteiger charge is 2.37. The monoisotopic (exact) mass is 367 g/mol. The Morgan fingerprint density at radius 2 is 1.88 bits per heavy atom. The Morgan fingerprint density at radius 1 is 1.15 bits per heavy atom. The van der Waals surface area contributed by atoms with Crippen LogP contribution in [0.4, 0.5) is 9.52 Å². The second kappa shape index (κ2) is 6.68. The average molecular weight is 367 g/mol. The molecule has 0 spiro atoms. The Labute approximate surface area is 153 Å². The van der Waals surface area contributed by atoms with Crippen molar-refractivity contribution < 1.29 is 14.0 Å². The fourth-order valence-corrected chi connectivity index (χ4v) is 3.64. The van der Waals surface area contributed by atoms with Crippen LogP contribution in [0.3, 0.4) is 0 Å². The van der Waals surface area contributed by atoms with Crippen molar-refractivity contribution in [1.82, 2.24) is 9.88 Å². The fraction of sp³-hybridized carbons (Fsp3) is 0.105. The molecule has 1 aliphatic heterocycles. The standard InChI is InChI=1S/C19H14FN3O2S/c20-15-11-26-19(21-15)22-17(24)16(12-6-2-1-3-7-12)23-10-13-8-4-5-9-14(13)18(23)25/h1-9,11,16H,10H2,(H,21,22,24)/t16-/m1/s1. The summed E-state index contributed by atoms with van der Waals surface area (Å²) >= 11 is 1.000. The van der Waals surface area contributed by atoms with Crippen LogP contribution in [0, 0.1) is 5.95 Å². The van der Waals surface area contributed by atoms with E-state index in [2.05, 4.69) is 10.3 Å². The van der Waals surface area contributed by atoms with Gasteiger partial charge >= 0.3 is 0 Å². The van der Waals surface area contributed by atoms with Crippen LogP contribution in [-0.2, 0) is 11.3 Å². The molecule has 3 aromatic rings. The number of nitrogens with one attached hydrogen (secondary N) is 1. The minimum Gasteiger partial charge on any atom is -0.318 e. The smallest absolute Gasteiger partial charge is 0.255 e. The van der Waals surface area contributed by atoms with E-state index in [1.54, 1.807) is 24.3 Å². The number of anilines is 1. The SMILES string of the molecule is O=C(Nc1nc(F)cs1)[C@@H](c1ccccc1)N1Cc2ccccc2C1=O. The van der Waals surface area contributed by atoms with Crippen molar-refractivity contribution in [1.29, 1.82) is 0 Å². The van der Waals surface area contributed by atoms with E-state index < -0.39 is 17.9 Å². The van der Waals surface area contributed by atoms with E-state index in [1.165, 1.54) is 10.3 Å². The number of aromatic nitrogens is 1. The Kier molecular flexibility index (Phi) is 4.22. The molecule has 26 heavy (non-hydrogen) atoms. The van der Waals surface area contributed by atoms with Crippen molar-refractivity contribution in [2.45, 2.75) is 12.6 Å². The van der Waals surface area contributed by atoms with Gasteiger partial charge in [-0.15, -0.1) is 11.3 Å². The molecular formula is C19H14FN3O2S. The predicted molar refractivity (Wildman–Crippen MR) is 96.2 cm³/mol. The minimum absolute atomic E-state index is 0.164. The molecule has 2 heterocycles. The molecule has 5 nitrogen and oxygen atoms in total. The molecule has 4 rings (SSSR count). The number of hydrogen-bond acceptors (Lipinski definition) is 4. The van der Waals surface area contributed by atoms with Gasteiger partial charge in [0.1, 0.15) is 6.04 Å². The van der Waals surface area contributed by atoms with Crippen LogP contribution in [0.25, 0.3) is 0 Å². The third kappa shape index (κ3) is 2.97. The maximum Gasteiger partial charge on any atom is 0.255 e. The number of nitrogens with zero attached hydrogens (tertiary/aromatic N) is 2. The molecular weight excluding hydrogens is 353 g/mol. The normalized spacial score (nSPS) is 14.2. The molecule has 0 saturated heterocycles. The topological polar surface area (TPSA) is 62.3 Å². The molecule has 1 N–H and O–H groups in total. The van der Waals surface area contributed by atoms with Gasteiger partial charge in [-0.05, 0) is 17.2 Å². The van der Waals surface area contributed by atoms with Gasteiger partial charge in [-0.1, -0.05) is 48.5 Å². The Morgan fingerprint density at radius 3 is 2.58 bits per heavy atom. The van der Waals surface area contributed by atoms with Crippen molar-refractivity contribution >= 4 is 28.3 Å². The zero-order valence-corrected chi connectivity index (χ0v) is 14.4. The molecule has 0 bridgehead atoms. The number of rotatable bonds is 4. The van der Waals surface area contributed by atoms with Gasteiger partial charge in [0.2, 0.25) is 5.95 Å². The van der Waals surface area contributed by atoms with Crippen LogP contribution in [0.1, 0.15) is 27.5 Å². The first-order valence-electron chi connectivity index (χ1n) is 7.99. The van der Waals surface area contributed by atoms with E-state index >= 15 is 0 Å². The van der Waals surface area contributed by atoms with Gasteiger partial charge in [0.15, 0.2) is 5.13 Å². The van der Waals surface area contributed by atoms with Gasteiger partial charge in [-0.2, -0.15) is 9.37 Å². The van der Waals surface area contributed by atoms with Gasteiger partial charge in [0.25, 0.3) is 11.8 Å². The minimum atomic E-state index is -0.830. The molecule has 0 saturated carbocycles. The van der Waals surface area contributed by atoms with Crippen molar-refractivity contribution in [3.05, 3.63) is 82.6 Å². The van der Waals surface area contributed by atoms with Crippen molar-refractivity contribution in [2.24, 2.45) is 0 Å². The number of thiazole rings is 1. The van der Waals surface area contributed by atoms with E-state index in [0.717, 1.165) is 16.9 Å². The van der Waals surface area contributed by atoms with Crippen LogP contribution in [0.15, 0.2) is 60.0 Å². The number of carbonyl (C=O) groups excluding carboxylic acids is 2. The van der Waals surface area contributed by atoms with Crippen LogP contribution in [0.2, 0.25) is 0 Å². The summed E-state index contributed by atoms with van der Waals surface area (Å²) in [6.45, 7) is 0.341. The number of benzene rings is 2. The maximum absolute atomic E-state index is 13.1. The zero-order valence-electron chi connectivity index (χ0n) is 13.6. The zero-order chi connectivity index (χ0) is 18.1. The lowest BCUT2D eigenvalue weighted by Gasteiger charge is -2.27. The molecule has 1 atom stereocenters. The lowest BCUT2D eigenvalue weighted by atomic mass is 10.0. The molecule has 130 valence electrons. The predicted octanol–water partition coefficient (Wildman–Crippen LogP) is 3.62. The van der Waals surface area contributed by atoms with Crippen molar-refractivity contribution in [3.8, 4) is 0 Å². The van der Waals surface area contributed by atoms with E-state index in [0.29, 0.717) is 17.7 Å². The Bertz CT molecular complexity index is 974. The molecule has 1 aliphatic rings. The number of amides is 2. The first-order chi connectivity index (χ1) is 12.6. The Balaban J connectivity index is 1.68. The van der Waals surface area contributed by atoms with Crippen LogP contribution < -0.4 is 5.32 Å².